The van der Waals surface area contributed by atoms with Crippen molar-refractivity contribution in [3.63, 3.8) is 0 Å². The molecule has 1 aliphatic rings. The molecule has 6 heteroatoms. The van der Waals surface area contributed by atoms with Gasteiger partial charge in [-0.3, -0.25) is 4.98 Å². The van der Waals surface area contributed by atoms with Crippen LogP contribution in [0.25, 0.3) is 0 Å². The van der Waals surface area contributed by atoms with Gasteiger partial charge in [-0.2, -0.15) is 0 Å². The summed E-state index contributed by atoms with van der Waals surface area (Å²) in [4.78, 5) is 4.15. The summed E-state index contributed by atoms with van der Waals surface area (Å²) in [6, 6.07) is 3.66. The fourth-order valence-electron chi connectivity index (χ4n) is 1.49. The quantitative estimate of drug-likeness (QED) is 0.806. The lowest BCUT2D eigenvalue weighted by Crippen LogP contribution is -2.21. The highest BCUT2D eigenvalue weighted by atomic mass is 79.9. The molecule has 82 valence electrons. The lowest BCUT2D eigenvalue weighted by molar-refractivity contribution is 0.589. The Morgan fingerprint density at radius 3 is 2.53 bits per heavy atom. The van der Waals surface area contributed by atoms with Crippen LogP contribution in [0.2, 0.25) is 0 Å². The van der Waals surface area contributed by atoms with E-state index in [0.29, 0.717) is 19.3 Å². The van der Waals surface area contributed by atoms with Gasteiger partial charge in [0.2, 0.25) is 9.05 Å². The number of rotatable bonds is 3. The highest BCUT2D eigenvalue weighted by Gasteiger charge is 2.53. The van der Waals surface area contributed by atoms with Gasteiger partial charge in [0.1, 0.15) is 0 Å². The van der Waals surface area contributed by atoms with Crippen molar-refractivity contribution < 1.29 is 8.42 Å². The zero-order valence-electron chi connectivity index (χ0n) is 7.78. The molecule has 1 aromatic heterocycles. The van der Waals surface area contributed by atoms with Crippen molar-refractivity contribution in [1.82, 2.24) is 4.98 Å². The van der Waals surface area contributed by atoms with Crippen molar-refractivity contribution in [3.05, 3.63) is 28.5 Å². The van der Waals surface area contributed by atoms with Crippen LogP contribution in [-0.4, -0.2) is 18.1 Å². The molecule has 0 spiro atoms. The maximum absolute atomic E-state index is 11.3. The molecule has 0 aliphatic heterocycles. The van der Waals surface area contributed by atoms with Crippen LogP contribution >= 0.6 is 26.6 Å². The molecule has 1 saturated carbocycles. The summed E-state index contributed by atoms with van der Waals surface area (Å²) in [7, 11) is 1.92. The van der Waals surface area contributed by atoms with Gasteiger partial charge in [0.15, 0.2) is 0 Å². The Morgan fingerprint density at radius 2 is 2.13 bits per heavy atom. The second-order valence-corrected chi connectivity index (χ2v) is 7.64. The van der Waals surface area contributed by atoms with Crippen molar-refractivity contribution >= 4 is 35.7 Å². The van der Waals surface area contributed by atoms with E-state index in [0.717, 1.165) is 10.2 Å². The topological polar surface area (TPSA) is 47.0 Å². The first-order chi connectivity index (χ1) is 6.93. The van der Waals surface area contributed by atoms with E-state index in [4.69, 9.17) is 10.7 Å². The molecule has 2 rings (SSSR count). The third-order valence-corrected chi connectivity index (χ3v) is 5.65. The number of pyridine rings is 1. The number of hydrogen-bond acceptors (Lipinski definition) is 3. The summed E-state index contributed by atoms with van der Waals surface area (Å²) in [5.41, 5.74) is 0.764. The predicted octanol–water partition coefficient (Wildman–Crippen LogP) is 2.49. The summed E-state index contributed by atoms with van der Waals surface area (Å²) in [5.74, 6) is 0. The van der Waals surface area contributed by atoms with Gasteiger partial charge < -0.3 is 0 Å². The number of hydrogen-bond donors (Lipinski definition) is 0. The molecule has 0 atom stereocenters. The molecule has 3 nitrogen and oxygen atoms in total. The van der Waals surface area contributed by atoms with E-state index in [1.807, 2.05) is 12.1 Å². The molecule has 0 N–H and O–H groups in total. The lowest BCUT2D eigenvalue weighted by atomic mass is 10.2. The molecule has 1 aromatic rings. The van der Waals surface area contributed by atoms with Crippen LogP contribution in [0.3, 0.4) is 0 Å². The van der Waals surface area contributed by atoms with Crippen molar-refractivity contribution in [2.45, 2.75) is 24.0 Å². The van der Waals surface area contributed by atoms with Gasteiger partial charge >= 0.3 is 0 Å². The van der Waals surface area contributed by atoms with Crippen molar-refractivity contribution in [2.24, 2.45) is 0 Å². The maximum Gasteiger partial charge on any atom is 0.238 e. The van der Waals surface area contributed by atoms with Crippen molar-refractivity contribution in [2.75, 3.05) is 0 Å². The number of aromatic nitrogens is 1. The molecule has 0 unspecified atom stereocenters. The summed E-state index contributed by atoms with van der Waals surface area (Å²) in [5, 5.41) is 0. The molecular weight excluding hydrogens is 302 g/mol. The van der Waals surface area contributed by atoms with Gasteiger partial charge in [-0.15, -0.1) is 0 Å². The summed E-state index contributed by atoms with van der Waals surface area (Å²) >= 11 is 3.27. The first kappa shape index (κ1) is 11.4. The zero-order chi connectivity index (χ0) is 11.1. The molecule has 1 fully saturated rings. The average molecular weight is 311 g/mol. The molecule has 0 amide bonds. The molecule has 1 heterocycles. The minimum Gasteiger partial charge on any atom is -0.260 e. The van der Waals surface area contributed by atoms with Gasteiger partial charge in [0, 0.05) is 33.5 Å². The first-order valence-electron chi connectivity index (χ1n) is 4.48. The Morgan fingerprint density at radius 1 is 1.47 bits per heavy atom. The van der Waals surface area contributed by atoms with Crippen LogP contribution in [0.1, 0.15) is 18.5 Å². The first-order valence-corrected chi connectivity index (χ1v) is 7.58. The normalized spacial score (nSPS) is 18.8. The van der Waals surface area contributed by atoms with Crippen LogP contribution in [-0.2, 0) is 15.5 Å². The van der Waals surface area contributed by atoms with Crippen LogP contribution in [0, 0.1) is 0 Å². The smallest absolute Gasteiger partial charge is 0.238 e. The predicted molar refractivity (Wildman–Crippen MR) is 62.4 cm³/mol. The van der Waals surface area contributed by atoms with E-state index in [1.54, 1.807) is 6.20 Å². The van der Waals surface area contributed by atoms with E-state index < -0.39 is 13.8 Å². The van der Waals surface area contributed by atoms with E-state index in [1.165, 1.54) is 0 Å². The summed E-state index contributed by atoms with van der Waals surface area (Å²) in [6.07, 6.45) is 3.34. The van der Waals surface area contributed by atoms with Crippen LogP contribution in [0.5, 0.6) is 0 Å². The fraction of sp³-hybridized carbons (Fsp3) is 0.444. The van der Waals surface area contributed by atoms with E-state index in [-0.39, 0.29) is 0 Å². The fourth-order valence-corrected chi connectivity index (χ4v) is 3.26. The summed E-state index contributed by atoms with van der Waals surface area (Å²) in [6.45, 7) is 0. The molecule has 0 saturated heterocycles. The lowest BCUT2D eigenvalue weighted by Gasteiger charge is -2.09. The minimum absolute atomic E-state index is 0.409. The summed E-state index contributed by atoms with van der Waals surface area (Å²) < 4.78 is 22.8. The largest absolute Gasteiger partial charge is 0.260 e. The van der Waals surface area contributed by atoms with Gasteiger partial charge in [-0.1, -0.05) is 0 Å². The van der Waals surface area contributed by atoms with Crippen LogP contribution in [0.4, 0.5) is 0 Å². The molecule has 0 radical (unpaired) electrons. The molecule has 0 aromatic carbocycles. The third kappa shape index (κ3) is 2.34. The number of halogens is 2. The van der Waals surface area contributed by atoms with E-state index in [2.05, 4.69) is 20.9 Å². The Bertz CT molecular complexity index is 467. The van der Waals surface area contributed by atoms with Gasteiger partial charge in [-0.25, -0.2) is 8.42 Å². The Labute approximate surface area is 101 Å². The highest BCUT2D eigenvalue weighted by Crippen LogP contribution is 2.47. The minimum atomic E-state index is -3.48. The molecule has 15 heavy (non-hydrogen) atoms. The third-order valence-electron chi connectivity index (χ3n) is 2.62. The monoisotopic (exact) mass is 309 g/mol. The van der Waals surface area contributed by atoms with Gasteiger partial charge in [0.25, 0.3) is 0 Å². The van der Waals surface area contributed by atoms with Gasteiger partial charge in [0.05, 0.1) is 4.75 Å². The zero-order valence-corrected chi connectivity index (χ0v) is 10.9. The van der Waals surface area contributed by atoms with E-state index in [9.17, 15) is 8.42 Å². The maximum atomic E-state index is 11.3. The average Bonchev–Trinajstić information content (AvgIpc) is 2.89. The Hall–Kier alpha value is -0.130. The second-order valence-electron chi connectivity index (χ2n) is 3.77. The molecule has 1 aliphatic carbocycles. The van der Waals surface area contributed by atoms with Crippen molar-refractivity contribution in [1.29, 1.82) is 0 Å². The van der Waals surface area contributed by atoms with Crippen molar-refractivity contribution in [3.8, 4) is 0 Å². The van der Waals surface area contributed by atoms with Crippen LogP contribution in [0.15, 0.2) is 22.8 Å². The Kier molecular flexibility index (Phi) is 2.81. The number of nitrogens with zero attached hydrogens (tertiary/aromatic N) is 1. The van der Waals surface area contributed by atoms with Gasteiger partial charge in [-0.05, 0) is 40.9 Å². The highest BCUT2D eigenvalue weighted by molar-refractivity contribution is 9.10. The van der Waals surface area contributed by atoms with Crippen LogP contribution < -0.4 is 0 Å². The SMILES string of the molecule is O=S(=O)(Cl)C1(Cc2ccc(Br)cn2)CC1. The molecule has 0 bridgehead atoms. The standard InChI is InChI=1S/C9H9BrClNO2S/c10-7-1-2-8(12-6-7)5-9(3-4-9)15(11,13)14/h1-2,6H,3-5H2. The molecular formula is C9H9BrClNO2S. The second kappa shape index (κ2) is 3.71. The Balaban J connectivity index is 2.20. The van der Waals surface area contributed by atoms with E-state index >= 15 is 0 Å².